The molecule has 4 nitrogen and oxygen atoms in total. The summed E-state index contributed by atoms with van der Waals surface area (Å²) < 4.78 is 10.7. The molecular formula is C16H19NO3. The van der Waals surface area contributed by atoms with E-state index in [9.17, 15) is 4.79 Å². The summed E-state index contributed by atoms with van der Waals surface area (Å²) in [7, 11) is 0. The highest BCUT2D eigenvalue weighted by atomic mass is 16.5. The summed E-state index contributed by atoms with van der Waals surface area (Å²) in [6.45, 7) is 5.92. The molecule has 1 amide bonds. The van der Waals surface area contributed by atoms with Gasteiger partial charge in [-0.1, -0.05) is 6.07 Å². The predicted molar refractivity (Wildman–Crippen MR) is 76.7 cm³/mol. The van der Waals surface area contributed by atoms with Crippen LogP contribution in [0.3, 0.4) is 0 Å². The van der Waals surface area contributed by atoms with E-state index in [0.717, 1.165) is 11.3 Å². The maximum absolute atomic E-state index is 11.8. The molecule has 0 radical (unpaired) electrons. The second kappa shape index (κ2) is 6.28. The number of hydrogen-bond donors (Lipinski definition) is 1. The van der Waals surface area contributed by atoms with E-state index in [0.29, 0.717) is 5.75 Å². The first-order chi connectivity index (χ1) is 9.56. The van der Waals surface area contributed by atoms with Gasteiger partial charge in [0.15, 0.2) is 6.61 Å². The quantitative estimate of drug-likeness (QED) is 0.910. The molecular weight excluding hydrogens is 254 g/mol. The first-order valence-corrected chi connectivity index (χ1v) is 6.59. The molecule has 1 atom stereocenters. The molecule has 0 spiro atoms. The van der Waals surface area contributed by atoms with Crippen LogP contribution in [0.5, 0.6) is 5.75 Å². The van der Waals surface area contributed by atoms with Gasteiger partial charge in [-0.2, -0.15) is 0 Å². The van der Waals surface area contributed by atoms with Crippen molar-refractivity contribution in [3.05, 3.63) is 53.5 Å². The van der Waals surface area contributed by atoms with Gasteiger partial charge < -0.3 is 14.5 Å². The van der Waals surface area contributed by atoms with Crippen molar-refractivity contribution in [2.24, 2.45) is 0 Å². The van der Waals surface area contributed by atoms with Crippen molar-refractivity contribution >= 4 is 5.91 Å². The van der Waals surface area contributed by atoms with Crippen molar-refractivity contribution in [3.8, 4) is 5.75 Å². The Labute approximate surface area is 118 Å². The van der Waals surface area contributed by atoms with E-state index < -0.39 is 0 Å². The minimum atomic E-state index is -0.174. The Morgan fingerprint density at radius 1 is 1.30 bits per heavy atom. The van der Waals surface area contributed by atoms with E-state index >= 15 is 0 Å². The number of hydrogen-bond acceptors (Lipinski definition) is 3. The largest absolute Gasteiger partial charge is 0.484 e. The second-order valence-corrected chi connectivity index (χ2v) is 4.84. The number of nitrogens with one attached hydrogen (secondary N) is 1. The van der Waals surface area contributed by atoms with Gasteiger partial charge >= 0.3 is 0 Å². The normalized spacial score (nSPS) is 11.9. The fourth-order valence-electron chi connectivity index (χ4n) is 1.84. The third-order valence-corrected chi connectivity index (χ3v) is 3.20. The van der Waals surface area contributed by atoms with Gasteiger partial charge in [-0.3, -0.25) is 4.79 Å². The number of benzene rings is 1. The molecule has 2 aromatic rings. The summed E-state index contributed by atoms with van der Waals surface area (Å²) in [6, 6.07) is 9.23. The van der Waals surface area contributed by atoms with Gasteiger partial charge in [0.25, 0.3) is 5.91 Å². The third-order valence-electron chi connectivity index (χ3n) is 3.20. The molecule has 0 saturated heterocycles. The van der Waals surface area contributed by atoms with Gasteiger partial charge in [0.1, 0.15) is 11.5 Å². The number of furan rings is 1. The topological polar surface area (TPSA) is 51.5 Å². The number of rotatable bonds is 5. The second-order valence-electron chi connectivity index (χ2n) is 4.84. The van der Waals surface area contributed by atoms with E-state index in [1.165, 1.54) is 5.56 Å². The summed E-state index contributed by atoms with van der Waals surface area (Å²) in [5.41, 5.74) is 2.35. The van der Waals surface area contributed by atoms with Crippen LogP contribution in [0.15, 0.2) is 41.0 Å². The van der Waals surface area contributed by atoms with Crippen molar-refractivity contribution in [3.63, 3.8) is 0 Å². The number of amides is 1. The Balaban J connectivity index is 1.84. The predicted octanol–water partition coefficient (Wildman–Crippen LogP) is 3.15. The smallest absolute Gasteiger partial charge is 0.258 e. The van der Waals surface area contributed by atoms with Crippen molar-refractivity contribution in [2.45, 2.75) is 26.8 Å². The Morgan fingerprint density at radius 2 is 2.10 bits per heavy atom. The van der Waals surface area contributed by atoms with Crippen molar-refractivity contribution in [1.29, 1.82) is 0 Å². The minimum Gasteiger partial charge on any atom is -0.484 e. The van der Waals surface area contributed by atoms with Crippen LogP contribution in [-0.4, -0.2) is 12.5 Å². The molecule has 0 fully saturated rings. The van der Waals surface area contributed by atoms with Gasteiger partial charge in [-0.25, -0.2) is 0 Å². The molecule has 0 bridgehead atoms. The van der Waals surface area contributed by atoms with E-state index in [1.807, 2.05) is 45.0 Å². The molecule has 2 rings (SSSR count). The summed E-state index contributed by atoms with van der Waals surface area (Å²) in [5, 5.41) is 2.82. The van der Waals surface area contributed by atoms with E-state index in [1.54, 1.807) is 12.3 Å². The highest BCUT2D eigenvalue weighted by molar-refractivity contribution is 5.77. The van der Waals surface area contributed by atoms with E-state index in [4.69, 9.17) is 9.15 Å². The van der Waals surface area contributed by atoms with Crippen LogP contribution in [-0.2, 0) is 4.79 Å². The zero-order chi connectivity index (χ0) is 14.5. The summed E-state index contributed by atoms with van der Waals surface area (Å²) >= 11 is 0. The lowest BCUT2D eigenvalue weighted by Crippen LogP contribution is -2.31. The molecule has 1 heterocycles. The van der Waals surface area contributed by atoms with Gasteiger partial charge in [-0.15, -0.1) is 0 Å². The molecule has 106 valence electrons. The minimum absolute atomic E-state index is 0.00640. The lowest BCUT2D eigenvalue weighted by atomic mass is 10.1. The molecule has 20 heavy (non-hydrogen) atoms. The van der Waals surface area contributed by atoms with Gasteiger partial charge in [0, 0.05) is 0 Å². The molecule has 1 aromatic carbocycles. The molecule has 0 aliphatic carbocycles. The zero-order valence-corrected chi connectivity index (χ0v) is 12.0. The van der Waals surface area contributed by atoms with Crippen molar-refractivity contribution in [2.75, 3.05) is 6.61 Å². The van der Waals surface area contributed by atoms with E-state index in [-0.39, 0.29) is 18.6 Å². The SMILES string of the molecule is Cc1ccc(OCC(=O)N[C@H](C)c2ccco2)cc1C. The number of carbonyl (C=O) groups is 1. The molecule has 0 saturated carbocycles. The van der Waals surface area contributed by atoms with Crippen molar-refractivity contribution < 1.29 is 13.9 Å². The van der Waals surface area contributed by atoms with Crippen molar-refractivity contribution in [1.82, 2.24) is 5.32 Å². The number of ether oxygens (including phenoxy) is 1. The monoisotopic (exact) mass is 273 g/mol. The molecule has 4 heteroatoms. The fraction of sp³-hybridized carbons (Fsp3) is 0.312. The lowest BCUT2D eigenvalue weighted by molar-refractivity contribution is -0.123. The van der Waals surface area contributed by atoms with Crippen LogP contribution in [0.4, 0.5) is 0 Å². The molecule has 1 N–H and O–H groups in total. The highest BCUT2D eigenvalue weighted by Gasteiger charge is 2.12. The Hall–Kier alpha value is -2.23. The maximum Gasteiger partial charge on any atom is 0.258 e. The molecule has 0 unspecified atom stereocenters. The summed E-state index contributed by atoms with van der Waals surface area (Å²) in [5.74, 6) is 1.26. The van der Waals surface area contributed by atoms with Crippen LogP contribution < -0.4 is 10.1 Å². The molecule has 0 aliphatic rings. The van der Waals surface area contributed by atoms with Gasteiger partial charge in [-0.05, 0) is 56.2 Å². The number of carbonyl (C=O) groups excluding carboxylic acids is 1. The lowest BCUT2D eigenvalue weighted by Gasteiger charge is -2.12. The molecule has 1 aromatic heterocycles. The highest BCUT2D eigenvalue weighted by Crippen LogP contribution is 2.16. The van der Waals surface area contributed by atoms with Gasteiger partial charge in [0.2, 0.25) is 0 Å². The first-order valence-electron chi connectivity index (χ1n) is 6.59. The first kappa shape index (κ1) is 14.2. The Kier molecular flexibility index (Phi) is 4.45. The number of aryl methyl sites for hydroxylation is 2. The summed E-state index contributed by atoms with van der Waals surface area (Å²) in [4.78, 5) is 11.8. The maximum atomic E-state index is 11.8. The third kappa shape index (κ3) is 3.63. The van der Waals surface area contributed by atoms with E-state index in [2.05, 4.69) is 5.32 Å². The van der Waals surface area contributed by atoms with Crippen LogP contribution >= 0.6 is 0 Å². The fourth-order valence-corrected chi connectivity index (χ4v) is 1.84. The van der Waals surface area contributed by atoms with Crippen LogP contribution in [0.2, 0.25) is 0 Å². The average Bonchev–Trinajstić information content (AvgIpc) is 2.94. The van der Waals surface area contributed by atoms with Crippen LogP contribution in [0, 0.1) is 13.8 Å². The molecule has 0 aliphatic heterocycles. The average molecular weight is 273 g/mol. The van der Waals surface area contributed by atoms with Crippen LogP contribution in [0.25, 0.3) is 0 Å². The summed E-state index contributed by atoms with van der Waals surface area (Å²) in [6.07, 6.45) is 1.59. The standard InChI is InChI=1S/C16H19NO3/c1-11-6-7-14(9-12(11)2)20-10-16(18)17-13(3)15-5-4-8-19-15/h4-9,13H,10H2,1-3H3,(H,17,18)/t13-/m1/s1. The Bertz CT molecular complexity index is 575. The van der Waals surface area contributed by atoms with Gasteiger partial charge in [0.05, 0.1) is 12.3 Å². The van der Waals surface area contributed by atoms with Crippen LogP contribution in [0.1, 0.15) is 29.9 Å². The zero-order valence-electron chi connectivity index (χ0n) is 12.0. The Morgan fingerprint density at radius 3 is 2.75 bits per heavy atom.